The Balaban J connectivity index is 2.18. The van der Waals surface area contributed by atoms with Gasteiger partial charge in [0.05, 0.1) is 6.61 Å². The first kappa shape index (κ1) is 10.3. The number of rotatable bonds is 3. The van der Waals surface area contributed by atoms with Crippen molar-refractivity contribution in [2.45, 2.75) is 33.1 Å². The summed E-state index contributed by atoms with van der Waals surface area (Å²) in [6.07, 6.45) is 5.19. The molecule has 0 radical (unpaired) electrons. The fraction of sp³-hybridized carbons (Fsp3) is 0.583. The van der Waals surface area contributed by atoms with Gasteiger partial charge in [0, 0.05) is 18.9 Å². The van der Waals surface area contributed by atoms with Crippen LogP contribution in [0.15, 0.2) is 23.2 Å². The van der Waals surface area contributed by atoms with Crippen molar-refractivity contribution in [3.8, 4) is 0 Å². The highest BCUT2D eigenvalue weighted by molar-refractivity contribution is 5.68. The van der Waals surface area contributed by atoms with E-state index in [0.717, 1.165) is 30.8 Å². The van der Waals surface area contributed by atoms with Crippen LogP contribution in [0.1, 0.15) is 33.1 Å². The SMILES string of the molecule is CCOC1=CC(OC(C)=O)=C2CCC[C@@H]12. The van der Waals surface area contributed by atoms with Crippen molar-refractivity contribution in [2.75, 3.05) is 6.61 Å². The first-order chi connectivity index (χ1) is 7.22. The van der Waals surface area contributed by atoms with E-state index in [-0.39, 0.29) is 5.97 Å². The fourth-order valence-electron chi connectivity index (χ4n) is 2.34. The number of fused-ring (bicyclic) bond motifs is 1. The molecule has 1 fully saturated rings. The van der Waals surface area contributed by atoms with E-state index >= 15 is 0 Å². The van der Waals surface area contributed by atoms with E-state index in [9.17, 15) is 4.79 Å². The van der Waals surface area contributed by atoms with E-state index in [1.807, 2.05) is 13.0 Å². The molecule has 0 heterocycles. The van der Waals surface area contributed by atoms with E-state index in [0.29, 0.717) is 12.5 Å². The normalized spacial score (nSPS) is 23.9. The zero-order valence-electron chi connectivity index (χ0n) is 9.21. The second kappa shape index (κ2) is 4.09. The minimum Gasteiger partial charge on any atom is -0.497 e. The van der Waals surface area contributed by atoms with Gasteiger partial charge in [-0.25, -0.2) is 0 Å². The summed E-state index contributed by atoms with van der Waals surface area (Å²) < 4.78 is 10.7. The maximum Gasteiger partial charge on any atom is 0.308 e. The van der Waals surface area contributed by atoms with Crippen molar-refractivity contribution < 1.29 is 14.3 Å². The van der Waals surface area contributed by atoms with Crippen molar-refractivity contribution in [1.82, 2.24) is 0 Å². The van der Waals surface area contributed by atoms with Gasteiger partial charge in [-0.2, -0.15) is 0 Å². The molecule has 1 saturated carbocycles. The first-order valence-electron chi connectivity index (χ1n) is 5.48. The van der Waals surface area contributed by atoms with Gasteiger partial charge in [-0.1, -0.05) is 0 Å². The third kappa shape index (κ3) is 1.91. The molecular formula is C12H16O3. The summed E-state index contributed by atoms with van der Waals surface area (Å²) in [5, 5.41) is 0. The highest BCUT2D eigenvalue weighted by atomic mass is 16.5. The molecule has 0 aromatic rings. The average Bonchev–Trinajstić information content (AvgIpc) is 2.71. The molecule has 0 bridgehead atoms. The Hall–Kier alpha value is -1.25. The molecule has 2 rings (SSSR count). The standard InChI is InChI=1S/C12H16O3/c1-3-14-11-7-12(15-8(2)13)10-6-4-5-9(10)11/h7,9H,3-6H2,1-2H3/t9-/m1/s1. The Morgan fingerprint density at radius 1 is 1.60 bits per heavy atom. The van der Waals surface area contributed by atoms with Gasteiger partial charge < -0.3 is 9.47 Å². The van der Waals surface area contributed by atoms with Crippen LogP contribution in [-0.2, 0) is 14.3 Å². The number of hydrogen-bond donors (Lipinski definition) is 0. The Labute approximate surface area is 89.8 Å². The lowest BCUT2D eigenvalue weighted by atomic mass is 10.1. The Kier molecular flexibility index (Phi) is 2.80. The molecule has 1 atom stereocenters. The Bertz CT molecular complexity index is 339. The first-order valence-corrected chi connectivity index (χ1v) is 5.48. The van der Waals surface area contributed by atoms with Crippen LogP contribution in [0.4, 0.5) is 0 Å². The number of esters is 1. The predicted octanol–water partition coefficient (Wildman–Crippen LogP) is 2.54. The summed E-state index contributed by atoms with van der Waals surface area (Å²) in [6, 6.07) is 0. The lowest BCUT2D eigenvalue weighted by Crippen LogP contribution is -2.01. The van der Waals surface area contributed by atoms with E-state index in [1.165, 1.54) is 12.5 Å². The van der Waals surface area contributed by atoms with Crippen molar-refractivity contribution >= 4 is 5.97 Å². The smallest absolute Gasteiger partial charge is 0.308 e. The molecule has 3 heteroatoms. The molecule has 0 aliphatic heterocycles. The van der Waals surface area contributed by atoms with E-state index in [1.54, 1.807) is 0 Å². The van der Waals surface area contributed by atoms with Gasteiger partial charge in [0.15, 0.2) is 0 Å². The van der Waals surface area contributed by atoms with E-state index < -0.39 is 0 Å². The van der Waals surface area contributed by atoms with Crippen LogP contribution in [0.25, 0.3) is 0 Å². The van der Waals surface area contributed by atoms with Crippen molar-refractivity contribution in [1.29, 1.82) is 0 Å². The van der Waals surface area contributed by atoms with E-state index in [4.69, 9.17) is 9.47 Å². The lowest BCUT2D eigenvalue weighted by molar-refractivity contribution is -0.136. The molecule has 2 aliphatic rings. The highest BCUT2D eigenvalue weighted by Crippen LogP contribution is 2.44. The van der Waals surface area contributed by atoms with Crippen LogP contribution in [0.5, 0.6) is 0 Å². The third-order valence-corrected chi connectivity index (χ3v) is 2.86. The number of carbonyl (C=O) groups excluding carboxylic acids is 1. The van der Waals surface area contributed by atoms with Gasteiger partial charge in [0.25, 0.3) is 0 Å². The number of carbonyl (C=O) groups is 1. The van der Waals surface area contributed by atoms with Gasteiger partial charge in [-0.3, -0.25) is 4.79 Å². The number of ether oxygens (including phenoxy) is 2. The molecule has 2 aliphatic carbocycles. The summed E-state index contributed by atoms with van der Waals surface area (Å²) >= 11 is 0. The summed E-state index contributed by atoms with van der Waals surface area (Å²) in [6.45, 7) is 4.08. The van der Waals surface area contributed by atoms with Crippen LogP contribution in [0.3, 0.4) is 0 Å². The van der Waals surface area contributed by atoms with Gasteiger partial charge in [0.2, 0.25) is 0 Å². The average molecular weight is 208 g/mol. The quantitative estimate of drug-likeness (QED) is 0.668. The number of allylic oxidation sites excluding steroid dienone is 2. The minimum absolute atomic E-state index is 0.253. The predicted molar refractivity (Wildman–Crippen MR) is 55.8 cm³/mol. The second-order valence-corrected chi connectivity index (χ2v) is 3.91. The highest BCUT2D eigenvalue weighted by Gasteiger charge is 2.34. The molecule has 0 aromatic carbocycles. The Morgan fingerprint density at radius 3 is 3.07 bits per heavy atom. The van der Waals surface area contributed by atoms with Gasteiger partial charge in [0.1, 0.15) is 11.5 Å². The summed E-state index contributed by atoms with van der Waals surface area (Å²) in [5.74, 6) is 1.83. The largest absolute Gasteiger partial charge is 0.497 e. The summed E-state index contributed by atoms with van der Waals surface area (Å²) in [7, 11) is 0. The molecule has 15 heavy (non-hydrogen) atoms. The molecule has 0 saturated heterocycles. The molecule has 0 spiro atoms. The molecule has 0 N–H and O–H groups in total. The maximum absolute atomic E-state index is 10.9. The molecule has 0 aromatic heterocycles. The topological polar surface area (TPSA) is 35.5 Å². The van der Waals surface area contributed by atoms with Crippen LogP contribution in [0, 0.1) is 5.92 Å². The molecular weight excluding hydrogens is 192 g/mol. The van der Waals surface area contributed by atoms with Crippen LogP contribution >= 0.6 is 0 Å². The van der Waals surface area contributed by atoms with Crippen LogP contribution in [-0.4, -0.2) is 12.6 Å². The van der Waals surface area contributed by atoms with E-state index in [2.05, 4.69) is 0 Å². The zero-order valence-corrected chi connectivity index (χ0v) is 9.21. The Morgan fingerprint density at radius 2 is 2.40 bits per heavy atom. The zero-order chi connectivity index (χ0) is 10.8. The maximum atomic E-state index is 10.9. The van der Waals surface area contributed by atoms with Gasteiger partial charge in [-0.15, -0.1) is 0 Å². The minimum atomic E-state index is -0.253. The summed E-state index contributed by atoms with van der Waals surface area (Å²) in [5.41, 5.74) is 1.24. The van der Waals surface area contributed by atoms with Gasteiger partial charge in [-0.05, 0) is 31.8 Å². The fourth-order valence-corrected chi connectivity index (χ4v) is 2.34. The monoisotopic (exact) mass is 208 g/mol. The second-order valence-electron chi connectivity index (χ2n) is 3.91. The third-order valence-electron chi connectivity index (χ3n) is 2.86. The molecule has 0 amide bonds. The van der Waals surface area contributed by atoms with Gasteiger partial charge >= 0.3 is 5.97 Å². The lowest BCUT2D eigenvalue weighted by Gasteiger charge is -2.11. The van der Waals surface area contributed by atoms with Crippen molar-refractivity contribution in [2.24, 2.45) is 5.92 Å². The number of hydrogen-bond acceptors (Lipinski definition) is 3. The summed E-state index contributed by atoms with van der Waals surface area (Å²) in [4.78, 5) is 10.9. The van der Waals surface area contributed by atoms with Crippen LogP contribution < -0.4 is 0 Å². The van der Waals surface area contributed by atoms with Crippen molar-refractivity contribution in [3.63, 3.8) is 0 Å². The molecule has 3 nitrogen and oxygen atoms in total. The van der Waals surface area contributed by atoms with Crippen LogP contribution in [0.2, 0.25) is 0 Å². The molecule has 0 unspecified atom stereocenters. The molecule has 82 valence electrons. The van der Waals surface area contributed by atoms with Crippen molar-refractivity contribution in [3.05, 3.63) is 23.2 Å².